The molecular weight excluding hydrogens is 287 g/mol. The third kappa shape index (κ3) is 2.82. The molecule has 22 heavy (non-hydrogen) atoms. The molecule has 1 fully saturated rings. The summed E-state index contributed by atoms with van der Waals surface area (Å²) < 4.78 is 20.9. The second kappa shape index (κ2) is 6.02. The maximum Gasteiger partial charge on any atom is 0.290 e. The van der Waals surface area contributed by atoms with Gasteiger partial charge in [-0.1, -0.05) is 0 Å². The van der Waals surface area contributed by atoms with Crippen LogP contribution in [0.3, 0.4) is 0 Å². The van der Waals surface area contributed by atoms with Crippen molar-refractivity contribution >= 4 is 11.4 Å². The molecule has 1 amide bonds. The molecule has 0 N–H and O–H groups in total. The number of nitrogens with zero attached hydrogens (tertiary/aromatic N) is 4. The first-order chi connectivity index (χ1) is 10.6. The molecule has 0 aromatic carbocycles. The number of pyridine rings is 1. The van der Waals surface area contributed by atoms with E-state index >= 15 is 0 Å². The van der Waals surface area contributed by atoms with E-state index in [1.807, 2.05) is 19.0 Å². The fourth-order valence-electron chi connectivity index (χ4n) is 2.71. The minimum absolute atomic E-state index is 0.0179. The van der Waals surface area contributed by atoms with Crippen LogP contribution >= 0.6 is 0 Å². The van der Waals surface area contributed by atoms with Gasteiger partial charge in [-0.25, -0.2) is 9.37 Å². The van der Waals surface area contributed by atoms with Gasteiger partial charge in [0.1, 0.15) is 11.3 Å². The molecule has 118 valence electrons. The highest BCUT2D eigenvalue weighted by atomic mass is 19.1. The predicted molar refractivity (Wildman–Crippen MR) is 79.3 cm³/mol. The summed E-state index contributed by atoms with van der Waals surface area (Å²) in [5, 5.41) is 0. The fraction of sp³-hybridized carbons (Fsp3) is 0.467. The van der Waals surface area contributed by atoms with Crippen molar-refractivity contribution in [1.29, 1.82) is 0 Å². The van der Waals surface area contributed by atoms with Crippen molar-refractivity contribution in [2.24, 2.45) is 0 Å². The SMILES string of the molecule is CN(C)CC1CN(C(=O)c2ncc3c(F)cccn23)CCO1. The Bertz CT molecular complexity index is 685. The van der Waals surface area contributed by atoms with E-state index in [1.165, 1.54) is 16.7 Å². The Morgan fingerprint density at radius 2 is 2.36 bits per heavy atom. The molecule has 1 saturated heterocycles. The van der Waals surface area contributed by atoms with Gasteiger partial charge in [0.25, 0.3) is 5.91 Å². The number of rotatable bonds is 3. The number of halogens is 1. The molecule has 7 heteroatoms. The van der Waals surface area contributed by atoms with E-state index in [0.717, 1.165) is 6.54 Å². The lowest BCUT2D eigenvalue weighted by Gasteiger charge is -2.33. The van der Waals surface area contributed by atoms with Gasteiger partial charge in [-0.2, -0.15) is 0 Å². The third-order valence-corrected chi connectivity index (χ3v) is 3.71. The van der Waals surface area contributed by atoms with E-state index in [2.05, 4.69) is 4.98 Å². The molecule has 1 atom stereocenters. The molecule has 1 aliphatic heterocycles. The van der Waals surface area contributed by atoms with Crippen LogP contribution < -0.4 is 0 Å². The van der Waals surface area contributed by atoms with E-state index in [0.29, 0.717) is 25.2 Å². The Kier molecular flexibility index (Phi) is 4.08. The second-order valence-corrected chi connectivity index (χ2v) is 5.70. The highest BCUT2D eigenvalue weighted by molar-refractivity contribution is 5.92. The number of aromatic nitrogens is 2. The molecule has 1 unspecified atom stereocenters. The molecule has 3 rings (SSSR count). The second-order valence-electron chi connectivity index (χ2n) is 5.70. The highest BCUT2D eigenvalue weighted by Crippen LogP contribution is 2.15. The van der Waals surface area contributed by atoms with Gasteiger partial charge in [0.05, 0.1) is 18.9 Å². The normalized spacial score (nSPS) is 19.1. The molecule has 1 aliphatic rings. The first-order valence-electron chi connectivity index (χ1n) is 7.23. The van der Waals surface area contributed by atoms with Crippen LogP contribution in [0.25, 0.3) is 5.52 Å². The fourth-order valence-corrected chi connectivity index (χ4v) is 2.71. The van der Waals surface area contributed by atoms with Crippen molar-refractivity contribution in [3.63, 3.8) is 0 Å². The van der Waals surface area contributed by atoms with Gasteiger partial charge >= 0.3 is 0 Å². The van der Waals surface area contributed by atoms with Crippen molar-refractivity contribution < 1.29 is 13.9 Å². The monoisotopic (exact) mass is 306 g/mol. The van der Waals surface area contributed by atoms with Crippen molar-refractivity contribution in [2.45, 2.75) is 6.10 Å². The lowest BCUT2D eigenvalue weighted by Crippen LogP contribution is -2.49. The molecule has 0 bridgehead atoms. The Balaban J connectivity index is 1.82. The molecule has 0 saturated carbocycles. The first kappa shape index (κ1) is 14.9. The Labute approximate surface area is 128 Å². The molecule has 3 heterocycles. The van der Waals surface area contributed by atoms with Crippen LogP contribution in [0, 0.1) is 5.82 Å². The van der Waals surface area contributed by atoms with Crippen LogP contribution in [0.2, 0.25) is 0 Å². The van der Waals surface area contributed by atoms with Crippen molar-refractivity contribution in [3.05, 3.63) is 36.2 Å². The summed E-state index contributed by atoms with van der Waals surface area (Å²) in [7, 11) is 3.93. The molecular formula is C15H19FN4O2. The number of fused-ring (bicyclic) bond motifs is 1. The quantitative estimate of drug-likeness (QED) is 0.844. The average Bonchev–Trinajstić information content (AvgIpc) is 2.91. The van der Waals surface area contributed by atoms with Gasteiger partial charge in [-0.05, 0) is 26.2 Å². The summed E-state index contributed by atoms with van der Waals surface area (Å²) in [4.78, 5) is 20.5. The van der Waals surface area contributed by atoms with Gasteiger partial charge in [0.2, 0.25) is 5.82 Å². The smallest absolute Gasteiger partial charge is 0.290 e. The summed E-state index contributed by atoms with van der Waals surface area (Å²) in [5.74, 6) is -0.348. The zero-order valence-corrected chi connectivity index (χ0v) is 12.7. The van der Waals surface area contributed by atoms with Crippen LogP contribution in [-0.4, -0.2) is 71.5 Å². The van der Waals surface area contributed by atoms with Crippen LogP contribution in [0.1, 0.15) is 10.6 Å². The van der Waals surface area contributed by atoms with Crippen LogP contribution in [0.5, 0.6) is 0 Å². The molecule has 0 aliphatic carbocycles. The van der Waals surface area contributed by atoms with Crippen molar-refractivity contribution in [2.75, 3.05) is 40.3 Å². The number of ether oxygens (including phenoxy) is 1. The minimum atomic E-state index is -0.387. The average molecular weight is 306 g/mol. The number of morpholine rings is 1. The zero-order chi connectivity index (χ0) is 15.7. The minimum Gasteiger partial charge on any atom is -0.373 e. The van der Waals surface area contributed by atoms with Gasteiger partial charge in [-0.3, -0.25) is 9.20 Å². The standard InChI is InChI=1S/C15H19FN4O2/c1-18(2)9-11-10-19(6-7-22-11)15(21)14-17-8-13-12(16)4-3-5-20(13)14/h3-5,8,11H,6-7,9-10H2,1-2H3. The van der Waals surface area contributed by atoms with E-state index in [1.54, 1.807) is 17.2 Å². The number of likely N-dealkylation sites (N-methyl/N-ethyl adjacent to an activating group) is 1. The van der Waals surface area contributed by atoms with Crippen molar-refractivity contribution in [3.8, 4) is 0 Å². The van der Waals surface area contributed by atoms with E-state index in [9.17, 15) is 9.18 Å². The largest absolute Gasteiger partial charge is 0.373 e. The molecule has 0 radical (unpaired) electrons. The Morgan fingerprint density at radius 3 is 3.14 bits per heavy atom. The number of hydrogen-bond donors (Lipinski definition) is 0. The topological polar surface area (TPSA) is 50.1 Å². The molecule has 2 aromatic rings. The van der Waals surface area contributed by atoms with E-state index in [4.69, 9.17) is 4.74 Å². The van der Waals surface area contributed by atoms with Crippen LogP contribution in [0.4, 0.5) is 4.39 Å². The number of amides is 1. The summed E-state index contributed by atoms with van der Waals surface area (Å²) in [6, 6.07) is 2.92. The molecule has 2 aromatic heterocycles. The summed E-state index contributed by atoms with van der Waals surface area (Å²) in [6.45, 7) is 2.29. The van der Waals surface area contributed by atoms with E-state index < -0.39 is 0 Å². The summed E-state index contributed by atoms with van der Waals surface area (Å²) >= 11 is 0. The summed E-state index contributed by atoms with van der Waals surface area (Å²) in [5.41, 5.74) is 0.309. The lowest BCUT2D eigenvalue weighted by atomic mass is 10.2. The molecule has 6 nitrogen and oxygen atoms in total. The zero-order valence-electron chi connectivity index (χ0n) is 12.7. The Hall–Kier alpha value is -1.99. The maximum absolute atomic E-state index is 13.7. The maximum atomic E-state index is 13.7. The van der Waals surface area contributed by atoms with Crippen LogP contribution in [0.15, 0.2) is 24.5 Å². The molecule has 0 spiro atoms. The van der Waals surface area contributed by atoms with Gasteiger partial charge in [0, 0.05) is 25.8 Å². The van der Waals surface area contributed by atoms with E-state index in [-0.39, 0.29) is 23.7 Å². The number of carbonyl (C=O) groups excluding carboxylic acids is 1. The lowest BCUT2D eigenvalue weighted by molar-refractivity contribution is -0.0310. The van der Waals surface area contributed by atoms with Gasteiger partial charge < -0.3 is 14.5 Å². The van der Waals surface area contributed by atoms with Gasteiger partial charge in [0.15, 0.2) is 0 Å². The third-order valence-electron chi connectivity index (χ3n) is 3.71. The van der Waals surface area contributed by atoms with Crippen molar-refractivity contribution in [1.82, 2.24) is 19.2 Å². The van der Waals surface area contributed by atoms with Crippen LogP contribution in [-0.2, 0) is 4.74 Å². The number of carbonyl (C=O) groups is 1. The number of hydrogen-bond acceptors (Lipinski definition) is 4. The number of imidazole rings is 1. The van der Waals surface area contributed by atoms with Gasteiger partial charge in [-0.15, -0.1) is 0 Å². The Morgan fingerprint density at radius 1 is 1.55 bits per heavy atom. The predicted octanol–water partition coefficient (Wildman–Crippen LogP) is 0.876. The highest BCUT2D eigenvalue weighted by Gasteiger charge is 2.27. The summed E-state index contributed by atoms with van der Waals surface area (Å²) in [6.07, 6.45) is 3.02. The first-order valence-corrected chi connectivity index (χ1v) is 7.23.